The maximum Gasteiger partial charge on any atom is 0.204 e. The lowest BCUT2D eigenvalue weighted by molar-refractivity contribution is 0.474. The monoisotopic (exact) mass is 347 g/mol. The number of nitrogens with one attached hydrogen (secondary N) is 1. The number of anilines is 1. The van der Waals surface area contributed by atoms with Crippen LogP contribution < -0.4 is 5.43 Å². The number of aromatic hydroxyl groups is 1. The number of thiazole rings is 1. The minimum absolute atomic E-state index is 0.183. The van der Waals surface area contributed by atoms with Crippen molar-refractivity contribution in [2.45, 2.75) is 0 Å². The van der Waals surface area contributed by atoms with Gasteiger partial charge < -0.3 is 5.11 Å². The fraction of sp³-hybridized carbons (Fsp3) is 0. The third-order valence-electron chi connectivity index (χ3n) is 2.65. The molecule has 2 aromatic carbocycles. The molecule has 0 aliphatic carbocycles. The number of hydrazone groups is 1. The number of hydrogen-bond acceptors (Lipinski definition) is 5. The van der Waals surface area contributed by atoms with Crippen molar-refractivity contribution >= 4 is 48.8 Å². The van der Waals surface area contributed by atoms with E-state index in [9.17, 15) is 5.11 Å². The number of phenolic OH excluding ortho intramolecular Hbond substituents is 1. The van der Waals surface area contributed by atoms with Gasteiger partial charge in [0.25, 0.3) is 0 Å². The minimum Gasteiger partial charge on any atom is -0.507 e. The molecule has 0 saturated heterocycles. The SMILES string of the molecule is Oc1ccc(Br)cc1/C=N/Nc1nc2ccccc2s1. The van der Waals surface area contributed by atoms with Crippen molar-refractivity contribution in [3.8, 4) is 5.75 Å². The maximum absolute atomic E-state index is 9.69. The number of hydrogen-bond donors (Lipinski definition) is 2. The van der Waals surface area contributed by atoms with Crippen LogP contribution in [0.15, 0.2) is 52.0 Å². The van der Waals surface area contributed by atoms with Crippen LogP contribution in [0.25, 0.3) is 10.2 Å². The predicted octanol–water partition coefficient (Wildman–Crippen LogP) is 4.21. The average molecular weight is 348 g/mol. The van der Waals surface area contributed by atoms with Crippen molar-refractivity contribution < 1.29 is 5.11 Å². The first-order valence-electron chi connectivity index (χ1n) is 5.85. The zero-order chi connectivity index (χ0) is 13.9. The van der Waals surface area contributed by atoms with E-state index in [0.717, 1.165) is 19.8 Å². The number of fused-ring (bicyclic) bond motifs is 1. The molecule has 2 N–H and O–H groups in total. The van der Waals surface area contributed by atoms with Crippen LogP contribution >= 0.6 is 27.3 Å². The van der Waals surface area contributed by atoms with E-state index in [-0.39, 0.29) is 5.75 Å². The van der Waals surface area contributed by atoms with E-state index >= 15 is 0 Å². The molecule has 0 atom stereocenters. The van der Waals surface area contributed by atoms with Gasteiger partial charge in [-0.2, -0.15) is 5.10 Å². The van der Waals surface area contributed by atoms with Gasteiger partial charge in [0, 0.05) is 10.0 Å². The standard InChI is InChI=1S/C14H10BrN3OS/c15-10-5-6-12(19)9(7-10)8-16-18-14-17-11-3-1-2-4-13(11)20-14/h1-8,19H,(H,17,18)/b16-8+. The molecule has 3 aromatic rings. The summed E-state index contributed by atoms with van der Waals surface area (Å²) in [7, 11) is 0. The molecule has 0 radical (unpaired) electrons. The topological polar surface area (TPSA) is 57.5 Å². The van der Waals surface area contributed by atoms with E-state index in [0.29, 0.717) is 5.56 Å². The highest BCUT2D eigenvalue weighted by Crippen LogP contribution is 2.25. The number of nitrogens with zero attached hydrogens (tertiary/aromatic N) is 2. The van der Waals surface area contributed by atoms with Crippen molar-refractivity contribution in [3.05, 3.63) is 52.5 Å². The lowest BCUT2D eigenvalue weighted by Crippen LogP contribution is -1.90. The van der Waals surface area contributed by atoms with Crippen LogP contribution in [0.2, 0.25) is 0 Å². The van der Waals surface area contributed by atoms with Gasteiger partial charge in [-0.15, -0.1) is 0 Å². The van der Waals surface area contributed by atoms with E-state index in [1.54, 1.807) is 24.4 Å². The summed E-state index contributed by atoms with van der Waals surface area (Å²) in [5, 5.41) is 14.5. The quantitative estimate of drug-likeness (QED) is 0.551. The number of rotatable bonds is 3. The summed E-state index contributed by atoms with van der Waals surface area (Å²) in [6.45, 7) is 0. The summed E-state index contributed by atoms with van der Waals surface area (Å²) in [4.78, 5) is 4.41. The van der Waals surface area contributed by atoms with E-state index in [1.807, 2.05) is 24.3 Å². The first-order chi connectivity index (χ1) is 9.72. The molecular formula is C14H10BrN3OS. The molecule has 0 aliphatic heterocycles. The van der Waals surface area contributed by atoms with Gasteiger partial charge in [0.2, 0.25) is 5.13 Å². The summed E-state index contributed by atoms with van der Waals surface area (Å²) in [5.74, 6) is 0.183. The molecule has 0 fully saturated rings. The maximum atomic E-state index is 9.69. The molecule has 0 unspecified atom stereocenters. The van der Waals surface area contributed by atoms with Crippen LogP contribution in [0.3, 0.4) is 0 Å². The molecule has 1 aromatic heterocycles. The van der Waals surface area contributed by atoms with Crippen LogP contribution in [0.1, 0.15) is 5.56 Å². The first-order valence-corrected chi connectivity index (χ1v) is 7.46. The highest BCUT2D eigenvalue weighted by Gasteiger charge is 2.02. The van der Waals surface area contributed by atoms with Gasteiger partial charge in [0.1, 0.15) is 5.75 Å². The Hall–Kier alpha value is -1.92. The van der Waals surface area contributed by atoms with Gasteiger partial charge in [0.05, 0.1) is 16.4 Å². The first kappa shape index (κ1) is 13.1. The number of phenols is 1. The fourth-order valence-electron chi connectivity index (χ4n) is 1.71. The van der Waals surface area contributed by atoms with Crippen LogP contribution in [0.5, 0.6) is 5.75 Å². The normalized spacial score (nSPS) is 11.2. The molecule has 20 heavy (non-hydrogen) atoms. The fourth-order valence-corrected chi connectivity index (χ4v) is 2.90. The summed E-state index contributed by atoms with van der Waals surface area (Å²) < 4.78 is 1.99. The van der Waals surface area contributed by atoms with Gasteiger partial charge in [-0.25, -0.2) is 4.98 Å². The smallest absolute Gasteiger partial charge is 0.204 e. The molecule has 0 amide bonds. The lowest BCUT2D eigenvalue weighted by Gasteiger charge is -1.99. The second-order valence-corrected chi connectivity index (χ2v) is 6.01. The summed E-state index contributed by atoms with van der Waals surface area (Å²) >= 11 is 4.88. The summed E-state index contributed by atoms with van der Waals surface area (Å²) in [6.07, 6.45) is 1.56. The highest BCUT2D eigenvalue weighted by molar-refractivity contribution is 9.10. The predicted molar refractivity (Wildman–Crippen MR) is 86.6 cm³/mol. The van der Waals surface area contributed by atoms with Crippen LogP contribution in [0, 0.1) is 0 Å². The minimum atomic E-state index is 0.183. The number of aromatic nitrogens is 1. The third-order valence-corrected chi connectivity index (χ3v) is 4.08. The average Bonchev–Trinajstić information content (AvgIpc) is 2.85. The molecule has 100 valence electrons. The Balaban J connectivity index is 1.78. The Morgan fingerprint density at radius 3 is 2.95 bits per heavy atom. The Labute approximate surface area is 127 Å². The lowest BCUT2D eigenvalue weighted by atomic mass is 10.2. The zero-order valence-corrected chi connectivity index (χ0v) is 12.6. The van der Waals surface area contributed by atoms with Crippen molar-refractivity contribution in [3.63, 3.8) is 0 Å². The molecule has 6 heteroatoms. The molecule has 0 spiro atoms. The molecule has 0 saturated carbocycles. The number of benzene rings is 2. The number of para-hydroxylation sites is 1. The van der Waals surface area contributed by atoms with Crippen LogP contribution in [-0.4, -0.2) is 16.3 Å². The number of halogens is 1. The summed E-state index contributed by atoms with van der Waals surface area (Å²) in [6, 6.07) is 13.1. The molecular weight excluding hydrogens is 338 g/mol. The molecule has 3 rings (SSSR count). The largest absolute Gasteiger partial charge is 0.507 e. The van der Waals surface area contributed by atoms with Crippen molar-refractivity contribution in [2.24, 2.45) is 5.10 Å². The molecule has 1 heterocycles. The Morgan fingerprint density at radius 2 is 2.10 bits per heavy atom. The third kappa shape index (κ3) is 2.81. The zero-order valence-electron chi connectivity index (χ0n) is 10.2. The van der Waals surface area contributed by atoms with Crippen molar-refractivity contribution in [2.75, 3.05) is 5.43 Å². The second kappa shape index (κ2) is 5.60. The van der Waals surface area contributed by atoms with Crippen LogP contribution in [-0.2, 0) is 0 Å². The summed E-state index contributed by atoms with van der Waals surface area (Å²) in [5.41, 5.74) is 4.46. The molecule has 0 aliphatic rings. The van der Waals surface area contributed by atoms with Gasteiger partial charge in [-0.05, 0) is 30.3 Å². The Bertz CT molecular complexity index is 752. The van der Waals surface area contributed by atoms with E-state index in [4.69, 9.17) is 0 Å². The molecule has 4 nitrogen and oxygen atoms in total. The van der Waals surface area contributed by atoms with Crippen molar-refractivity contribution in [1.82, 2.24) is 4.98 Å². The van der Waals surface area contributed by atoms with E-state index in [1.165, 1.54) is 11.3 Å². The van der Waals surface area contributed by atoms with Crippen LogP contribution in [0.4, 0.5) is 5.13 Å². The van der Waals surface area contributed by atoms with Gasteiger partial charge in [-0.3, -0.25) is 5.43 Å². The van der Waals surface area contributed by atoms with Gasteiger partial charge in [0.15, 0.2) is 0 Å². The second-order valence-electron chi connectivity index (χ2n) is 4.06. The van der Waals surface area contributed by atoms with E-state index < -0.39 is 0 Å². The molecule has 0 bridgehead atoms. The Morgan fingerprint density at radius 1 is 1.25 bits per heavy atom. The van der Waals surface area contributed by atoms with E-state index in [2.05, 4.69) is 31.4 Å². The Kier molecular flexibility index (Phi) is 3.66. The van der Waals surface area contributed by atoms with Gasteiger partial charge >= 0.3 is 0 Å². The van der Waals surface area contributed by atoms with Gasteiger partial charge in [-0.1, -0.05) is 39.4 Å². The highest BCUT2D eigenvalue weighted by atomic mass is 79.9. The van der Waals surface area contributed by atoms with Crippen molar-refractivity contribution in [1.29, 1.82) is 0 Å².